The van der Waals surface area contributed by atoms with E-state index in [1.54, 1.807) is 18.4 Å². The molecule has 0 saturated carbocycles. The van der Waals surface area contributed by atoms with Crippen LogP contribution in [0, 0.1) is 0 Å². The van der Waals surface area contributed by atoms with Gasteiger partial charge in [0.05, 0.1) is 12.1 Å². The Hall–Kier alpha value is -1.22. The minimum atomic E-state index is 0.846. The van der Waals surface area contributed by atoms with Crippen LogP contribution in [0.4, 0.5) is 5.00 Å². The van der Waals surface area contributed by atoms with Crippen LogP contribution in [-0.4, -0.2) is 7.11 Å². The monoisotopic (exact) mass is 179 g/mol. The highest BCUT2D eigenvalue weighted by Gasteiger charge is 1.99. The van der Waals surface area contributed by atoms with Gasteiger partial charge in [-0.3, -0.25) is 0 Å². The molecule has 0 unspecified atom stereocenters. The summed E-state index contributed by atoms with van der Waals surface area (Å²) < 4.78 is 6.27. The van der Waals surface area contributed by atoms with Crippen molar-refractivity contribution >= 4 is 26.4 Å². The van der Waals surface area contributed by atoms with Crippen LogP contribution >= 0.6 is 11.3 Å². The van der Waals surface area contributed by atoms with Gasteiger partial charge in [-0.1, -0.05) is 0 Å². The molecular weight excluding hydrogens is 170 g/mol. The third kappa shape index (κ3) is 1.12. The van der Waals surface area contributed by atoms with E-state index in [1.807, 2.05) is 24.3 Å². The number of nitrogen functional groups attached to an aromatic ring is 1. The lowest BCUT2D eigenvalue weighted by molar-refractivity contribution is 0.415. The van der Waals surface area contributed by atoms with Gasteiger partial charge in [-0.05, 0) is 29.7 Å². The van der Waals surface area contributed by atoms with E-state index in [1.165, 1.54) is 10.1 Å². The summed E-state index contributed by atoms with van der Waals surface area (Å²) >= 11 is 1.58. The molecule has 1 aromatic carbocycles. The molecule has 0 bridgehead atoms. The second-order valence-corrected chi connectivity index (χ2v) is 3.67. The van der Waals surface area contributed by atoms with Gasteiger partial charge in [0.25, 0.3) is 0 Å². The van der Waals surface area contributed by atoms with Gasteiger partial charge in [0.2, 0.25) is 0 Å². The molecule has 2 N–H and O–H groups in total. The number of hydrogen-bond donors (Lipinski definition) is 1. The van der Waals surface area contributed by atoms with Gasteiger partial charge < -0.3 is 10.5 Å². The number of nitrogens with two attached hydrogens (primary N) is 1. The van der Waals surface area contributed by atoms with E-state index < -0.39 is 0 Å². The molecule has 0 atom stereocenters. The molecule has 0 fully saturated rings. The molecule has 0 aliphatic carbocycles. The Morgan fingerprint density at radius 3 is 2.92 bits per heavy atom. The van der Waals surface area contributed by atoms with Crippen LogP contribution in [0.15, 0.2) is 24.3 Å². The zero-order chi connectivity index (χ0) is 8.55. The van der Waals surface area contributed by atoms with E-state index in [2.05, 4.69) is 0 Å². The van der Waals surface area contributed by atoms with Gasteiger partial charge in [0.1, 0.15) is 5.75 Å². The molecule has 0 amide bonds. The molecule has 0 aliphatic heterocycles. The van der Waals surface area contributed by atoms with Gasteiger partial charge in [0.15, 0.2) is 0 Å². The summed E-state index contributed by atoms with van der Waals surface area (Å²) in [6.45, 7) is 0. The Labute approximate surface area is 74.6 Å². The molecule has 0 radical (unpaired) electrons. The van der Waals surface area contributed by atoms with E-state index in [0.717, 1.165) is 10.8 Å². The summed E-state index contributed by atoms with van der Waals surface area (Å²) in [4.78, 5) is 0. The number of rotatable bonds is 1. The Morgan fingerprint density at radius 2 is 2.17 bits per heavy atom. The summed E-state index contributed by atoms with van der Waals surface area (Å²) in [6.07, 6.45) is 0. The molecule has 0 saturated heterocycles. The van der Waals surface area contributed by atoms with Crippen molar-refractivity contribution in [3.8, 4) is 5.75 Å². The van der Waals surface area contributed by atoms with E-state index in [-0.39, 0.29) is 0 Å². The number of benzene rings is 1. The van der Waals surface area contributed by atoms with Crippen LogP contribution in [0.2, 0.25) is 0 Å². The fourth-order valence-corrected chi connectivity index (χ4v) is 2.02. The smallest absolute Gasteiger partial charge is 0.120 e. The lowest BCUT2D eigenvalue weighted by atomic mass is 10.2. The molecular formula is C9H9NOS. The van der Waals surface area contributed by atoms with E-state index in [0.29, 0.717) is 0 Å². The molecule has 2 rings (SSSR count). The first-order chi connectivity index (χ1) is 5.79. The van der Waals surface area contributed by atoms with Crippen molar-refractivity contribution in [2.75, 3.05) is 12.8 Å². The van der Waals surface area contributed by atoms with Crippen molar-refractivity contribution in [2.24, 2.45) is 0 Å². The maximum atomic E-state index is 5.66. The van der Waals surface area contributed by atoms with Crippen LogP contribution in [0.25, 0.3) is 10.1 Å². The maximum Gasteiger partial charge on any atom is 0.120 e. The number of anilines is 1. The summed E-state index contributed by atoms with van der Waals surface area (Å²) in [7, 11) is 1.66. The fourth-order valence-electron chi connectivity index (χ4n) is 1.16. The maximum absolute atomic E-state index is 5.66. The molecule has 0 spiro atoms. The number of ether oxygens (including phenoxy) is 1. The topological polar surface area (TPSA) is 35.2 Å². The van der Waals surface area contributed by atoms with Crippen molar-refractivity contribution in [1.82, 2.24) is 0 Å². The minimum absolute atomic E-state index is 0.846. The Balaban J connectivity index is 2.66. The SMILES string of the molecule is COc1ccc2cc(N)sc2c1. The van der Waals surface area contributed by atoms with Gasteiger partial charge in [-0.15, -0.1) is 11.3 Å². The molecule has 62 valence electrons. The zero-order valence-electron chi connectivity index (χ0n) is 6.70. The van der Waals surface area contributed by atoms with Crippen molar-refractivity contribution in [3.05, 3.63) is 24.3 Å². The first-order valence-electron chi connectivity index (χ1n) is 3.62. The highest BCUT2D eigenvalue weighted by Crippen LogP contribution is 2.30. The van der Waals surface area contributed by atoms with Gasteiger partial charge in [-0.25, -0.2) is 0 Å². The normalized spacial score (nSPS) is 10.4. The lowest BCUT2D eigenvalue weighted by Crippen LogP contribution is -1.79. The first kappa shape index (κ1) is 7.43. The minimum Gasteiger partial charge on any atom is -0.497 e. The standard InChI is InChI=1S/C9H9NOS/c1-11-7-3-2-6-4-9(10)12-8(6)5-7/h2-5H,10H2,1H3. The van der Waals surface area contributed by atoms with Crippen LogP contribution in [0.1, 0.15) is 0 Å². The van der Waals surface area contributed by atoms with Gasteiger partial charge >= 0.3 is 0 Å². The average molecular weight is 179 g/mol. The van der Waals surface area contributed by atoms with Crippen LogP contribution in [0.3, 0.4) is 0 Å². The second kappa shape index (κ2) is 2.68. The molecule has 0 aliphatic rings. The molecule has 2 nitrogen and oxygen atoms in total. The van der Waals surface area contributed by atoms with Crippen LogP contribution < -0.4 is 10.5 Å². The first-order valence-corrected chi connectivity index (χ1v) is 4.44. The Bertz CT molecular complexity index is 408. The van der Waals surface area contributed by atoms with Crippen molar-refractivity contribution < 1.29 is 4.74 Å². The number of fused-ring (bicyclic) bond motifs is 1. The second-order valence-electron chi connectivity index (χ2n) is 2.55. The van der Waals surface area contributed by atoms with Crippen LogP contribution in [-0.2, 0) is 0 Å². The quantitative estimate of drug-likeness (QED) is 0.730. The molecule has 3 heteroatoms. The predicted molar refractivity (Wildman–Crippen MR) is 52.8 cm³/mol. The van der Waals surface area contributed by atoms with E-state index >= 15 is 0 Å². The van der Waals surface area contributed by atoms with E-state index in [9.17, 15) is 0 Å². The largest absolute Gasteiger partial charge is 0.497 e. The molecule has 12 heavy (non-hydrogen) atoms. The molecule has 2 aromatic rings. The van der Waals surface area contributed by atoms with Gasteiger partial charge in [-0.2, -0.15) is 0 Å². The third-order valence-corrected chi connectivity index (χ3v) is 2.67. The van der Waals surface area contributed by atoms with Crippen molar-refractivity contribution in [2.45, 2.75) is 0 Å². The third-order valence-electron chi connectivity index (χ3n) is 1.75. The fraction of sp³-hybridized carbons (Fsp3) is 0.111. The number of thiophene rings is 1. The van der Waals surface area contributed by atoms with E-state index in [4.69, 9.17) is 10.5 Å². The lowest BCUT2D eigenvalue weighted by Gasteiger charge is -1.97. The average Bonchev–Trinajstić information content (AvgIpc) is 2.43. The zero-order valence-corrected chi connectivity index (χ0v) is 7.52. The van der Waals surface area contributed by atoms with Crippen molar-refractivity contribution in [3.63, 3.8) is 0 Å². The van der Waals surface area contributed by atoms with Crippen molar-refractivity contribution in [1.29, 1.82) is 0 Å². The molecule has 1 aromatic heterocycles. The summed E-state index contributed by atoms with van der Waals surface area (Å²) in [5.74, 6) is 0.879. The summed E-state index contributed by atoms with van der Waals surface area (Å²) in [5, 5.41) is 2.02. The highest BCUT2D eigenvalue weighted by molar-refractivity contribution is 7.22. The number of hydrogen-bond acceptors (Lipinski definition) is 3. The highest BCUT2D eigenvalue weighted by atomic mass is 32.1. The summed E-state index contributed by atoms with van der Waals surface area (Å²) in [6, 6.07) is 7.92. The molecule has 1 heterocycles. The number of methoxy groups -OCH3 is 1. The van der Waals surface area contributed by atoms with Crippen LogP contribution in [0.5, 0.6) is 5.75 Å². The Kier molecular flexibility index (Phi) is 1.66. The van der Waals surface area contributed by atoms with Gasteiger partial charge in [0, 0.05) is 4.70 Å². The Morgan fingerprint density at radius 1 is 1.33 bits per heavy atom. The predicted octanol–water partition coefficient (Wildman–Crippen LogP) is 2.49. The summed E-state index contributed by atoms with van der Waals surface area (Å²) in [5.41, 5.74) is 5.66.